The van der Waals surface area contributed by atoms with Crippen LogP contribution in [0.4, 0.5) is 0 Å². The van der Waals surface area contributed by atoms with Crippen molar-refractivity contribution in [3.05, 3.63) is 29.3 Å². The zero-order valence-corrected chi connectivity index (χ0v) is 14.2. The molecule has 1 aliphatic heterocycles. The van der Waals surface area contributed by atoms with Crippen molar-refractivity contribution >= 4 is 27.5 Å². The monoisotopic (exact) mass is 333 g/mol. The summed E-state index contributed by atoms with van der Waals surface area (Å²) >= 11 is 1.68. The molecule has 0 aliphatic carbocycles. The molecule has 2 unspecified atom stereocenters. The number of carbonyl (C=O) groups excluding carboxylic acids is 1. The molecule has 1 fully saturated rings. The molecular weight excluding hydrogens is 310 g/mol. The number of aromatic nitrogens is 1. The van der Waals surface area contributed by atoms with Crippen LogP contribution < -0.4 is 5.32 Å². The topological polar surface area (TPSA) is 65.5 Å². The number of amides is 1. The van der Waals surface area contributed by atoms with Crippen molar-refractivity contribution in [3.63, 3.8) is 0 Å². The molecule has 0 bridgehead atoms. The maximum atomic E-state index is 12.0. The minimum atomic E-state index is -0.290. The molecule has 1 aromatic heterocycles. The van der Waals surface area contributed by atoms with Gasteiger partial charge >= 0.3 is 0 Å². The van der Waals surface area contributed by atoms with Crippen LogP contribution in [0.5, 0.6) is 0 Å². The molecule has 1 aliphatic rings. The van der Waals surface area contributed by atoms with E-state index in [2.05, 4.69) is 21.3 Å². The average Bonchev–Trinajstić information content (AvgIpc) is 3.13. The van der Waals surface area contributed by atoms with Gasteiger partial charge in [0.05, 0.1) is 27.9 Å². The number of aliphatic hydroxyl groups is 1. The standard InChI is InChI=1S/C17H23N3O2S/c1-12(21)13-7-9-20(10-13)11-16(22)18-8-6-17-19-14-4-2-3-5-15(14)23-17/h2-5,12-13,21H,6-11H2,1H3,(H,18,22). The molecule has 124 valence electrons. The summed E-state index contributed by atoms with van der Waals surface area (Å²) in [6.07, 6.45) is 1.44. The summed E-state index contributed by atoms with van der Waals surface area (Å²) in [4.78, 5) is 18.7. The van der Waals surface area contributed by atoms with Gasteiger partial charge < -0.3 is 10.4 Å². The second-order valence-corrected chi connectivity index (χ2v) is 7.31. The molecule has 0 saturated carbocycles. The second-order valence-electron chi connectivity index (χ2n) is 6.20. The number of hydrogen-bond acceptors (Lipinski definition) is 5. The Balaban J connectivity index is 1.41. The number of nitrogens with one attached hydrogen (secondary N) is 1. The summed E-state index contributed by atoms with van der Waals surface area (Å²) in [6.45, 7) is 4.56. The lowest BCUT2D eigenvalue weighted by molar-refractivity contribution is -0.122. The smallest absolute Gasteiger partial charge is 0.234 e. The number of rotatable bonds is 6. The Bertz CT molecular complexity index is 638. The quantitative estimate of drug-likeness (QED) is 0.844. The largest absolute Gasteiger partial charge is 0.393 e. The van der Waals surface area contributed by atoms with E-state index in [-0.39, 0.29) is 12.0 Å². The highest BCUT2D eigenvalue weighted by Gasteiger charge is 2.26. The van der Waals surface area contributed by atoms with E-state index in [1.807, 2.05) is 25.1 Å². The number of fused-ring (bicyclic) bond motifs is 1. The fourth-order valence-electron chi connectivity index (χ4n) is 2.99. The molecule has 2 heterocycles. The predicted molar refractivity (Wildman–Crippen MR) is 92.6 cm³/mol. The first-order valence-electron chi connectivity index (χ1n) is 8.13. The van der Waals surface area contributed by atoms with Crippen molar-refractivity contribution in [2.24, 2.45) is 5.92 Å². The maximum Gasteiger partial charge on any atom is 0.234 e. The van der Waals surface area contributed by atoms with E-state index in [1.165, 1.54) is 4.70 Å². The minimum Gasteiger partial charge on any atom is -0.393 e. The van der Waals surface area contributed by atoms with E-state index in [0.717, 1.165) is 36.5 Å². The van der Waals surface area contributed by atoms with Crippen LogP contribution >= 0.6 is 11.3 Å². The first-order valence-corrected chi connectivity index (χ1v) is 8.95. The molecule has 0 radical (unpaired) electrons. The summed E-state index contributed by atoms with van der Waals surface area (Å²) in [5.74, 6) is 0.350. The molecule has 1 saturated heterocycles. The number of aliphatic hydroxyl groups excluding tert-OH is 1. The van der Waals surface area contributed by atoms with Gasteiger partial charge in [0.2, 0.25) is 5.91 Å². The zero-order chi connectivity index (χ0) is 16.2. The number of carbonyl (C=O) groups is 1. The average molecular weight is 333 g/mol. The van der Waals surface area contributed by atoms with Gasteiger partial charge in [-0.1, -0.05) is 12.1 Å². The molecule has 23 heavy (non-hydrogen) atoms. The van der Waals surface area contributed by atoms with Crippen LogP contribution in [0, 0.1) is 5.92 Å². The predicted octanol–water partition coefficient (Wildman–Crippen LogP) is 1.66. The first kappa shape index (κ1) is 16.4. The lowest BCUT2D eigenvalue weighted by Gasteiger charge is -2.16. The molecule has 2 atom stereocenters. The van der Waals surface area contributed by atoms with Gasteiger partial charge in [0.15, 0.2) is 0 Å². The third-order valence-electron chi connectivity index (χ3n) is 4.36. The van der Waals surface area contributed by atoms with Crippen molar-refractivity contribution < 1.29 is 9.90 Å². The lowest BCUT2D eigenvalue weighted by Crippen LogP contribution is -2.37. The molecule has 5 nitrogen and oxygen atoms in total. The van der Waals surface area contributed by atoms with Crippen LogP contribution in [-0.4, -0.2) is 53.2 Å². The van der Waals surface area contributed by atoms with Crippen molar-refractivity contribution in [3.8, 4) is 0 Å². The van der Waals surface area contributed by atoms with E-state index >= 15 is 0 Å². The molecular formula is C17H23N3O2S. The van der Waals surface area contributed by atoms with Gasteiger partial charge in [-0.15, -0.1) is 11.3 Å². The number of nitrogens with zero attached hydrogens (tertiary/aromatic N) is 2. The highest BCUT2D eigenvalue weighted by atomic mass is 32.1. The van der Waals surface area contributed by atoms with Gasteiger partial charge in [-0.3, -0.25) is 9.69 Å². The van der Waals surface area contributed by atoms with Crippen molar-refractivity contribution in [1.29, 1.82) is 0 Å². The SMILES string of the molecule is CC(O)C1CCN(CC(=O)NCCc2nc3ccccc3s2)C1. The number of para-hydroxylation sites is 1. The maximum absolute atomic E-state index is 12.0. The summed E-state index contributed by atoms with van der Waals surface area (Å²) in [7, 11) is 0. The van der Waals surface area contributed by atoms with E-state index in [1.54, 1.807) is 11.3 Å². The number of likely N-dealkylation sites (tertiary alicyclic amines) is 1. The van der Waals surface area contributed by atoms with Gasteiger partial charge in [0.1, 0.15) is 0 Å². The molecule has 2 aromatic rings. The highest BCUT2D eigenvalue weighted by molar-refractivity contribution is 7.18. The number of benzene rings is 1. The summed E-state index contributed by atoms with van der Waals surface area (Å²) in [6, 6.07) is 8.09. The van der Waals surface area contributed by atoms with Crippen LogP contribution in [0.2, 0.25) is 0 Å². The Kier molecular flexibility index (Phi) is 5.25. The fraction of sp³-hybridized carbons (Fsp3) is 0.529. The zero-order valence-electron chi connectivity index (χ0n) is 13.4. The van der Waals surface area contributed by atoms with Gasteiger partial charge in [-0.25, -0.2) is 4.98 Å². The van der Waals surface area contributed by atoms with Crippen LogP contribution in [0.15, 0.2) is 24.3 Å². The summed E-state index contributed by atoms with van der Waals surface area (Å²) in [5.41, 5.74) is 1.03. The Morgan fingerprint density at radius 3 is 3.09 bits per heavy atom. The van der Waals surface area contributed by atoms with Crippen molar-refractivity contribution in [2.45, 2.75) is 25.9 Å². The molecule has 0 spiro atoms. The molecule has 1 aromatic carbocycles. The third kappa shape index (κ3) is 4.28. The highest BCUT2D eigenvalue weighted by Crippen LogP contribution is 2.21. The normalized spacial score (nSPS) is 20.0. The van der Waals surface area contributed by atoms with Gasteiger partial charge in [0.25, 0.3) is 0 Å². The fourth-order valence-corrected chi connectivity index (χ4v) is 3.96. The molecule has 6 heteroatoms. The Morgan fingerprint density at radius 2 is 2.35 bits per heavy atom. The van der Waals surface area contributed by atoms with Crippen LogP contribution in [0.3, 0.4) is 0 Å². The molecule has 1 amide bonds. The number of thiazole rings is 1. The van der Waals surface area contributed by atoms with Crippen LogP contribution in [0.1, 0.15) is 18.4 Å². The minimum absolute atomic E-state index is 0.0531. The van der Waals surface area contributed by atoms with Crippen molar-refractivity contribution in [1.82, 2.24) is 15.2 Å². The van der Waals surface area contributed by atoms with Crippen molar-refractivity contribution in [2.75, 3.05) is 26.2 Å². The lowest BCUT2D eigenvalue weighted by atomic mass is 10.0. The van der Waals surface area contributed by atoms with E-state index in [0.29, 0.717) is 19.0 Å². The van der Waals surface area contributed by atoms with E-state index in [9.17, 15) is 9.90 Å². The van der Waals surface area contributed by atoms with Gasteiger partial charge in [0, 0.05) is 19.5 Å². The summed E-state index contributed by atoms with van der Waals surface area (Å²) in [5, 5.41) is 13.6. The number of hydrogen-bond donors (Lipinski definition) is 2. The Labute approximate surface area is 140 Å². The molecule has 3 rings (SSSR count). The van der Waals surface area contributed by atoms with Crippen LogP contribution in [0.25, 0.3) is 10.2 Å². The van der Waals surface area contributed by atoms with Gasteiger partial charge in [-0.05, 0) is 37.9 Å². The summed E-state index contributed by atoms with van der Waals surface area (Å²) < 4.78 is 1.19. The van der Waals surface area contributed by atoms with E-state index in [4.69, 9.17) is 0 Å². The third-order valence-corrected chi connectivity index (χ3v) is 5.45. The Hall–Kier alpha value is -1.50. The van der Waals surface area contributed by atoms with Crippen LogP contribution in [-0.2, 0) is 11.2 Å². The van der Waals surface area contributed by atoms with E-state index < -0.39 is 0 Å². The van der Waals surface area contributed by atoms with Gasteiger partial charge in [-0.2, -0.15) is 0 Å². The second kappa shape index (κ2) is 7.38. The Morgan fingerprint density at radius 1 is 1.52 bits per heavy atom. The first-order chi connectivity index (χ1) is 11.1. The molecule has 2 N–H and O–H groups in total.